The maximum atomic E-state index is 12.9. The van der Waals surface area contributed by atoms with Crippen LogP contribution in [0.1, 0.15) is 57.0 Å². The summed E-state index contributed by atoms with van der Waals surface area (Å²) in [5.41, 5.74) is -0.559. The normalized spacial score (nSPS) is 17.2. The van der Waals surface area contributed by atoms with Gasteiger partial charge in [0.2, 0.25) is 17.6 Å². The molecule has 1 aromatic carbocycles. The molecule has 0 unspecified atom stereocenters. The van der Waals surface area contributed by atoms with E-state index in [4.69, 9.17) is 4.52 Å². The minimum absolute atomic E-state index is 0.0161. The first kappa shape index (κ1) is 19.4. The van der Waals surface area contributed by atoms with E-state index in [1.54, 1.807) is 0 Å². The van der Waals surface area contributed by atoms with Gasteiger partial charge in [0, 0.05) is 11.5 Å². The van der Waals surface area contributed by atoms with Crippen molar-refractivity contribution in [1.29, 1.82) is 0 Å². The largest absolute Gasteiger partial charge is 0.416 e. The van der Waals surface area contributed by atoms with Gasteiger partial charge in [0.05, 0.1) is 5.56 Å². The summed E-state index contributed by atoms with van der Waals surface area (Å²) in [6, 6.07) is 4.31. The van der Waals surface area contributed by atoms with Gasteiger partial charge in [0.25, 0.3) is 0 Å². The van der Waals surface area contributed by atoms with Crippen molar-refractivity contribution in [2.75, 3.05) is 0 Å². The van der Waals surface area contributed by atoms with Crippen LogP contribution in [0.15, 0.2) is 28.8 Å². The monoisotopic (exact) mass is 381 g/mol. The van der Waals surface area contributed by atoms with Crippen molar-refractivity contribution in [3.63, 3.8) is 0 Å². The minimum atomic E-state index is -4.45. The van der Waals surface area contributed by atoms with Crippen LogP contribution in [0.3, 0.4) is 0 Å². The molecule has 0 radical (unpaired) electrons. The molecule has 1 fully saturated rings. The van der Waals surface area contributed by atoms with Gasteiger partial charge in [0.1, 0.15) is 6.04 Å². The summed E-state index contributed by atoms with van der Waals surface area (Å²) in [6.07, 6.45) is -0.876. The number of nitrogens with zero attached hydrogens (tertiary/aromatic N) is 2. The van der Waals surface area contributed by atoms with Crippen LogP contribution in [0, 0.1) is 11.8 Å². The Morgan fingerprint density at radius 2 is 2.11 bits per heavy atom. The summed E-state index contributed by atoms with van der Waals surface area (Å²) in [5.74, 6) is 0.309. The molecular weight excluding hydrogens is 359 g/mol. The van der Waals surface area contributed by atoms with Crippen molar-refractivity contribution >= 4 is 5.91 Å². The predicted octanol–water partition coefficient (Wildman–Crippen LogP) is 4.76. The van der Waals surface area contributed by atoms with Gasteiger partial charge in [0.15, 0.2) is 0 Å². The smallest absolute Gasteiger partial charge is 0.344 e. The van der Waals surface area contributed by atoms with Crippen molar-refractivity contribution < 1.29 is 22.5 Å². The second-order valence-electron chi connectivity index (χ2n) is 7.03. The molecule has 146 valence electrons. The molecule has 0 aliphatic heterocycles. The quantitative estimate of drug-likeness (QED) is 0.783. The van der Waals surface area contributed by atoms with E-state index in [2.05, 4.69) is 15.5 Å². The van der Waals surface area contributed by atoms with Crippen LogP contribution in [0.25, 0.3) is 11.4 Å². The molecule has 0 bridgehead atoms. The lowest BCUT2D eigenvalue weighted by molar-refractivity contribution is -0.137. The van der Waals surface area contributed by atoms with Gasteiger partial charge in [-0.2, -0.15) is 18.2 Å². The van der Waals surface area contributed by atoms with Gasteiger partial charge in [-0.3, -0.25) is 4.79 Å². The molecule has 2 atom stereocenters. The van der Waals surface area contributed by atoms with E-state index in [0.29, 0.717) is 0 Å². The van der Waals surface area contributed by atoms with Gasteiger partial charge < -0.3 is 9.84 Å². The SMILES string of the molecule is CC[C@@H](C)[C@@H](NC(=O)C1CCC1)c1nc(-c2cccc(C(F)(F)F)c2)no1. The number of carbonyl (C=O) groups excluding carboxylic acids is 1. The molecular formula is C19H22F3N3O2. The Kier molecular flexibility index (Phi) is 5.53. The number of nitrogens with one attached hydrogen (secondary N) is 1. The molecule has 0 saturated heterocycles. The molecule has 2 aromatic rings. The summed E-state index contributed by atoms with van der Waals surface area (Å²) in [5, 5.41) is 6.80. The molecule has 27 heavy (non-hydrogen) atoms. The van der Waals surface area contributed by atoms with Crippen LogP contribution in [0.2, 0.25) is 0 Å². The highest BCUT2D eigenvalue weighted by Gasteiger charge is 2.33. The third-order valence-electron chi connectivity index (χ3n) is 5.14. The second-order valence-corrected chi connectivity index (χ2v) is 7.03. The number of rotatable bonds is 6. The Bertz CT molecular complexity index is 799. The lowest BCUT2D eigenvalue weighted by Crippen LogP contribution is -2.39. The molecule has 3 rings (SSSR count). The van der Waals surface area contributed by atoms with E-state index in [1.807, 2.05) is 13.8 Å². The molecule has 1 N–H and O–H groups in total. The Hall–Kier alpha value is -2.38. The number of carbonyl (C=O) groups is 1. The standard InChI is InChI=1S/C19H22F3N3O2/c1-3-11(2)15(23-17(26)12-6-4-7-12)18-24-16(25-27-18)13-8-5-9-14(10-13)19(20,21)22/h5,8-12,15H,3-4,6-7H2,1-2H3,(H,23,26)/t11-,15-/m1/s1. The highest BCUT2D eigenvalue weighted by molar-refractivity contribution is 5.79. The van der Waals surface area contributed by atoms with E-state index in [9.17, 15) is 18.0 Å². The van der Waals surface area contributed by atoms with Crippen LogP contribution in [-0.4, -0.2) is 16.0 Å². The fourth-order valence-electron chi connectivity index (χ4n) is 2.94. The van der Waals surface area contributed by atoms with Crippen molar-refractivity contribution in [3.05, 3.63) is 35.7 Å². The van der Waals surface area contributed by atoms with E-state index >= 15 is 0 Å². The van der Waals surface area contributed by atoms with Gasteiger partial charge in [-0.15, -0.1) is 0 Å². The van der Waals surface area contributed by atoms with Crippen LogP contribution >= 0.6 is 0 Å². The molecule has 8 heteroatoms. The zero-order chi connectivity index (χ0) is 19.6. The van der Waals surface area contributed by atoms with Crippen molar-refractivity contribution in [1.82, 2.24) is 15.5 Å². The summed E-state index contributed by atoms with van der Waals surface area (Å²) in [6.45, 7) is 3.94. The Morgan fingerprint density at radius 1 is 1.37 bits per heavy atom. The minimum Gasteiger partial charge on any atom is -0.344 e. The predicted molar refractivity (Wildman–Crippen MR) is 92.4 cm³/mol. The molecule has 1 aromatic heterocycles. The number of hydrogen-bond donors (Lipinski definition) is 1. The van der Waals surface area contributed by atoms with Crippen LogP contribution < -0.4 is 5.32 Å². The first-order valence-corrected chi connectivity index (χ1v) is 9.11. The van der Waals surface area contributed by atoms with Crippen LogP contribution in [-0.2, 0) is 11.0 Å². The summed E-state index contributed by atoms with van der Waals surface area (Å²) in [4.78, 5) is 16.6. The summed E-state index contributed by atoms with van der Waals surface area (Å²) >= 11 is 0. The molecule has 1 saturated carbocycles. The number of benzene rings is 1. The van der Waals surface area contributed by atoms with Crippen LogP contribution in [0.4, 0.5) is 13.2 Å². The lowest BCUT2D eigenvalue weighted by atomic mass is 9.84. The lowest BCUT2D eigenvalue weighted by Gasteiger charge is -2.28. The van der Waals surface area contributed by atoms with Crippen molar-refractivity contribution in [2.45, 2.75) is 51.7 Å². The number of hydrogen-bond acceptors (Lipinski definition) is 4. The average Bonchev–Trinajstić information content (AvgIpc) is 3.06. The molecule has 5 nitrogen and oxygen atoms in total. The maximum absolute atomic E-state index is 12.9. The fourth-order valence-corrected chi connectivity index (χ4v) is 2.94. The molecule has 1 amide bonds. The molecule has 1 aliphatic carbocycles. The van der Waals surface area contributed by atoms with E-state index in [-0.39, 0.29) is 35.0 Å². The Morgan fingerprint density at radius 3 is 2.70 bits per heavy atom. The first-order chi connectivity index (χ1) is 12.8. The van der Waals surface area contributed by atoms with E-state index in [0.717, 1.165) is 37.8 Å². The topological polar surface area (TPSA) is 68.0 Å². The number of aromatic nitrogens is 2. The Balaban J connectivity index is 1.84. The van der Waals surface area contributed by atoms with Gasteiger partial charge in [-0.1, -0.05) is 44.0 Å². The van der Waals surface area contributed by atoms with Gasteiger partial charge in [-0.25, -0.2) is 0 Å². The molecule has 0 spiro atoms. The number of halogens is 3. The number of amides is 1. The second kappa shape index (κ2) is 7.70. The Labute approximate surface area is 155 Å². The third-order valence-corrected chi connectivity index (χ3v) is 5.14. The maximum Gasteiger partial charge on any atom is 0.416 e. The van der Waals surface area contributed by atoms with Crippen LogP contribution in [0.5, 0.6) is 0 Å². The molecule has 1 heterocycles. The fraction of sp³-hybridized carbons (Fsp3) is 0.526. The summed E-state index contributed by atoms with van der Waals surface area (Å²) in [7, 11) is 0. The summed E-state index contributed by atoms with van der Waals surface area (Å²) < 4.78 is 44.1. The highest BCUT2D eigenvalue weighted by atomic mass is 19.4. The highest BCUT2D eigenvalue weighted by Crippen LogP contribution is 2.33. The van der Waals surface area contributed by atoms with Gasteiger partial charge in [-0.05, 0) is 30.9 Å². The van der Waals surface area contributed by atoms with E-state index in [1.165, 1.54) is 12.1 Å². The van der Waals surface area contributed by atoms with Crippen molar-refractivity contribution in [2.24, 2.45) is 11.8 Å². The molecule has 1 aliphatic rings. The third kappa shape index (κ3) is 4.31. The van der Waals surface area contributed by atoms with Crippen molar-refractivity contribution in [3.8, 4) is 11.4 Å². The van der Waals surface area contributed by atoms with E-state index < -0.39 is 17.8 Å². The average molecular weight is 381 g/mol. The first-order valence-electron chi connectivity index (χ1n) is 9.11. The zero-order valence-corrected chi connectivity index (χ0v) is 15.2. The number of alkyl halides is 3. The zero-order valence-electron chi connectivity index (χ0n) is 15.2. The van der Waals surface area contributed by atoms with Gasteiger partial charge >= 0.3 is 6.18 Å².